The van der Waals surface area contributed by atoms with Crippen LogP contribution in [0.3, 0.4) is 0 Å². The molecule has 4 aromatic rings. The molecule has 0 fully saturated rings. The van der Waals surface area contributed by atoms with E-state index in [1.807, 2.05) is 79.7 Å². The number of carbonyl (C=O) groups is 3. The first kappa shape index (κ1) is 24.8. The molecule has 0 radical (unpaired) electrons. The quantitative estimate of drug-likeness (QED) is 0.245. The maximum Gasteiger partial charge on any atom is 0.335 e. The molecule has 36 heavy (non-hydrogen) atoms. The van der Waals surface area contributed by atoms with Crippen molar-refractivity contribution >= 4 is 40.9 Å². The van der Waals surface area contributed by atoms with E-state index in [0.717, 1.165) is 16.0 Å². The second-order valence-electron chi connectivity index (χ2n) is 8.07. The highest BCUT2D eigenvalue weighted by Crippen LogP contribution is 2.36. The van der Waals surface area contributed by atoms with Crippen LogP contribution < -0.4 is 10.6 Å². The molecule has 4 aromatic carbocycles. The van der Waals surface area contributed by atoms with Crippen molar-refractivity contribution in [3.63, 3.8) is 0 Å². The molecule has 180 valence electrons. The molecule has 0 aliphatic carbocycles. The smallest absolute Gasteiger partial charge is 0.335 e. The normalized spacial score (nSPS) is 11.4. The van der Waals surface area contributed by atoms with Gasteiger partial charge in [0.2, 0.25) is 5.91 Å². The van der Waals surface area contributed by atoms with Crippen molar-refractivity contribution in [2.45, 2.75) is 17.1 Å². The summed E-state index contributed by atoms with van der Waals surface area (Å²) in [5.74, 6) is -1.43. The highest BCUT2D eigenvalue weighted by Gasteiger charge is 2.22. The van der Waals surface area contributed by atoms with E-state index in [-0.39, 0.29) is 17.4 Å². The van der Waals surface area contributed by atoms with E-state index < -0.39 is 11.2 Å². The van der Waals surface area contributed by atoms with Crippen LogP contribution in [0.2, 0.25) is 0 Å². The summed E-state index contributed by atoms with van der Waals surface area (Å²) in [5, 5.41) is 14.3. The molecule has 2 amide bonds. The zero-order chi connectivity index (χ0) is 25.5. The predicted molar refractivity (Wildman–Crippen MR) is 143 cm³/mol. The van der Waals surface area contributed by atoms with Crippen LogP contribution >= 0.6 is 11.8 Å². The first-order valence-corrected chi connectivity index (χ1v) is 12.1. The summed E-state index contributed by atoms with van der Waals surface area (Å²) in [7, 11) is 0. The molecule has 7 heteroatoms. The van der Waals surface area contributed by atoms with Crippen LogP contribution in [0.25, 0.3) is 0 Å². The number of nitrogens with one attached hydrogen (secondary N) is 2. The fourth-order valence-corrected chi connectivity index (χ4v) is 4.61. The molecule has 3 N–H and O–H groups in total. The Balaban J connectivity index is 1.48. The van der Waals surface area contributed by atoms with Gasteiger partial charge < -0.3 is 15.7 Å². The Morgan fingerprint density at radius 1 is 0.722 bits per heavy atom. The van der Waals surface area contributed by atoms with Gasteiger partial charge in [-0.2, -0.15) is 0 Å². The van der Waals surface area contributed by atoms with Gasteiger partial charge in [0.05, 0.1) is 5.56 Å². The molecule has 0 bridgehead atoms. The van der Waals surface area contributed by atoms with Gasteiger partial charge in [-0.1, -0.05) is 48.5 Å². The van der Waals surface area contributed by atoms with Gasteiger partial charge in [0.25, 0.3) is 5.91 Å². The van der Waals surface area contributed by atoms with Crippen LogP contribution in [0.4, 0.5) is 11.4 Å². The van der Waals surface area contributed by atoms with Gasteiger partial charge in [-0.3, -0.25) is 9.59 Å². The summed E-state index contributed by atoms with van der Waals surface area (Å²) in [6.45, 7) is 1.89. The Morgan fingerprint density at radius 3 is 1.94 bits per heavy atom. The van der Waals surface area contributed by atoms with E-state index in [0.29, 0.717) is 16.9 Å². The minimum atomic E-state index is -1.02. The lowest BCUT2D eigenvalue weighted by Crippen LogP contribution is -2.19. The third kappa shape index (κ3) is 6.20. The molecule has 1 unspecified atom stereocenters. The second kappa shape index (κ2) is 11.4. The number of aromatic carboxylic acids is 1. The maximum atomic E-state index is 13.2. The molecule has 0 saturated heterocycles. The minimum Gasteiger partial charge on any atom is -0.478 e. The number of hydrogen-bond acceptors (Lipinski definition) is 4. The molecular weight excluding hydrogens is 472 g/mol. The number of rotatable bonds is 8. The number of carboxylic acid groups (broad SMARTS) is 1. The third-order valence-corrected chi connectivity index (χ3v) is 6.76. The highest BCUT2D eigenvalue weighted by atomic mass is 32.2. The zero-order valence-electron chi connectivity index (χ0n) is 19.5. The summed E-state index contributed by atoms with van der Waals surface area (Å²) >= 11 is 1.38. The summed E-state index contributed by atoms with van der Waals surface area (Å²) in [6, 6.07) is 30.2. The Labute approximate surface area is 213 Å². The van der Waals surface area contributed by atoms with Crippen LogP contribution in [0.15, 0.2) is 108 Å². The van der Waals surface area contributed by atoms with Crippen LogP contribution in [-0.4, -0.2) is 22.9 Å². The monoisotopic (exact) mass is 496 g/mol. The number of hydrogen-bond donors (Lipinski definition) is 3. The first-order valence-electron chi connectivity index (χ1n) is 11.2. The molecular formula is C29H24N2O4S. The number of anilines is 2. The molecule has 0 aliphatic heterocycles. The Hall–Kier alpha value is -4.36. The topological polar surface area (TPSA) is 95.5 Å². The number of aryl methyl sites for hydroxylation is 1. The molecule has 0 saturated carbocycles. The number of benzene rings is 4. The number of carboxylic acids is 1. The van der Waals surface area contributed by atoms with Crippen molar-refractivity contribution in [2.75, 3.05) is 10.6 Å². The standard InChI is InChI=1S/C29H24N2O4S/c1-19-7-5-6-10-25(19)27(32)30-23-15-17-24(18-16-23)36-26(20-8-3-2-4-9-20)28(33)31-22-13-11-21(12-14-22)29(34)35/h2-18,26H,1H3,(H,30,32)(H,31,33)(H,34,35). The van der Waals surface area contributed by atoms with E-state index in [1.54, 1.807) is 18.2 Å². The summed E-state index contributed by atoms with van der Waals surface area (Å²) in [4.78, 5) is 37.8. The van der Waals surface area contributed by atoms with Gasteiger partial charge in [-0.05, 0) is 72.6 Å². The molecule has 0 aromatic heterocycles. The van der Waals surface area contributed by atoms with E-state index in [9.17, 15) is 14.4 Å². The van der Waals surface area contributed by atoms with Crippen molar-refractivity contribution in [3.05, 3.63) is 125 Å². The Bertz CT molecular complexity index is 1370. The molecule has 0 aliphatic rings. The van der Waals surface area contributed by atoms with E-state index in [2.05, 4.69) is 10.6 Å². The lowest BCUT2D eigenvalue weighted by molar-refractivity contribution is -0.115. The highest BCUT2D eigenvalue weighted by molar-refractivity contribution is 8.00. The van der Waals surface area contributed by atoms with Crippen molar-refractivity contribution < 1.29 is 19.5 Å². The van der Waals surface area contributed by atoms with Gasteiger partial charge in [0.15, 0.2) is 0 Å². The number of carbonyl (C=O) groups excluding carboxylic acids is 2. The Morgan fingerprint density at radius 2 is 1.31 bits per heavy atom. The summed E-state index contributed by atoms with van der Waals surface area (Å²) in [6.07, 6.45) is 0. The van der Waals surface area contributed by atoms with Gasteiger partial charge in [0, 0.05) is 21.8 Å². The molecule has 1 atom stereocenters. The van der Waals surface area contributed by atoms with Crippen LogP contribution in [0, 0.1) is 6.92 Å². The second-order valence-corrected chi connectivity index (χ2v) is 9.25. The fourth-order valence-electron chi connectivity index (χ4n) is 3.58. The molecule has 6 nitrogen and oxygen atoms in total. The molecule has 4 rings (SSSR count). The molecule has 0 spiro atoms. The zero-order valence-corrected chi connectivity index (χ0v) is 20.3. The van der Waals surface area contributed by atoms with Crippen molar-refractivity contribution in [1.29, 1.82) is 0 Å². The van der Waals surface area contributed by atoms with Gasteiger partial charge in [0.1, 0.15) is 5.25 Å². The van der Waals surface area contributed by atoms with E-state index >= 15 is 0 Å². The fraction of sp³-hybridized carbons (Fsp3) is 0.0690. The summed E-state index contributed by atoms with van der Waals surface area (Å²) < 4.78 is 0. The Kier molecular flexibility index (Phi) is 7.82. The number of amides is 2. The first-order chi connectivity index (χ1) is 17.4. The number of thioether (sulfide) groups is 1. The SMILES string of the molecule is Cc1ccccc1C(=O)Nc1ccc(SC(C(=O)Nc2ccc(C(=O)O)cc2)c2ccccc2)cc1. The van der Waals surface area contributed by atoms with Crippen molar-refractivity contribution in [1.82, 2.24) is 0 Å². The van der Waals surface area contributed by atoms with E-state index in [4.69, 9.17) is 5.11 Å². The lowest BCUT2D eigenvalue weighted by Gasteiger charge is -2.17. The summed E-state index contributed by atoms with van der Waals surface area (Å²) in [5.41, 5.74) is 3.67. The maximum absolute atomic E-state index is 13.2. The van der Waals surface area contributed by atoms with Gasteiger partial charge in [-0.25, -0.2) is 4.79 Å². The average molecular weight is 497 g/mol. The van der Waals surface area contributed by atoms with E-state index in [1.165, 1.54) is 23.9 Å². The van der Waals surface area contributed by atoms with Gasteiger partial charge in [-0.15, -0.1) is 11.8 Å². The van der Waals surface area contributed by atoms with Crippen LogP contribution in [-0.2, 0) is 4.79 Å². The van der Waals surface area contributed by atoms with Crippen LogP contribution in [0.1, 0.15) is 37.1 Å². The predicted octanol–water partition coefficient (Wildman–Crippen LogP) is 6.42. The minimum absolute atomic E-state index is 0.150. The van der Waals surface area contributed by atoms with Gasteiger partial charge >= 0.3 is 5.97 Å². The molecule has 0 heterocycles. The third-order valence-electron chi connectivity index (χ3n) is 5.50. The average Bonchev–Trinajstić information content (AvgIpc) is 2.89. The van der Waals surface area contributed by atoms with Crippen molar-refractivity contribution in [2.24, 2.45) is 0 Å². The largest absolute Gasteiger partial charge is 0.478 e. The van der Waals surface area contributed by atoms with Crippen molar-refractivity contribution in [3.8, 4) is 0 Å². The van der Waals surface area contributed by atoms with Crippen LogP contribution in [0.5, 0.6) is 0 Å². The lowest BCUT2D eigenvalue weighted by atomic mass is 10.1.